The number of benzene rings is 12. The summed E-state index contributed by atoms with van der Waals surface area (Å²) in [5, 5.41) is 10.0. The smallest absolute Gasteiger partial charge is 0.0541 e. The van der Waals surface area contributed by atoms with Crippen molar-refractivity contribution < 1.29 is 0 Å². The van der Waals surface area contributed by atoms with Crippen LogP contribution < -0.4 is 4.90 Å². The summed E-state index contributed by atoms with van der Waals surface area (Å²) in [4.78, 5) is 2.50. The molecule has 0 unspecified atom stereocenters. The number of rotatable bonds is 8. The molecule has 0 bridgehead atoms. The second kappa shape index (κ2) is 17.5. The third-order valence-electron chi connectivity index (χ3n) is 15.5. The number of nitrogens with zero attached hydrogens (tertiary/aromatic N) is 2. The molecule has 0 fully saturated rings. The molecule has 74 heavy (non-hydrogen) atoms. The largest absolute Gasteiger partial charge is 0.309 e. The van der Waals surface area contributed by atoms with Gasteiger partial charge in [0, 0.05) is 32.8 Å². The number of hydrogen-bond acceptors (Lipinski definition) is 1. The molecule has 0 saturated heterocycles. The molecule has 0 spiro atoms. The fraction of sp³-hybridized carbons (Fsp3) is 0.111. The highest BCUT2D eigenvalue weighted by molar-refractivity contribution is 6.27. The van der Waals surface area contributed by atoms with Gasteiger partial charge in [-0.25, -0.2) is 0 Å². The number of anilines is 3. The fourth-order valence-electron chi connectivity index (χ4n) is 11.5. The van der Waals surface area contributed by atoms with Crippen LogP contribution in [0.1, 0.15) is 52.7 Å². The van der Waals surface area contributed by atoms with E-state index in [4.69, 9.17) is 0 Å². The predicted octanol–water partition coefficient (Wildman–Crippen LogP) is 20.4. The fourth-order valence-corrected chi connectivity index (χ4v) is 11.5. The first-order chi connectivity index (χ1) is 36.0. The molecule has 1 aromatic heterocycles. The Morgan fingerprint density at radius 2 is 0.770 bits per heavy atom. The average molecular weight is 951 g/mol. The molecule has 0 aliphatic heterocycles. The molecule has 0 radical (unpaired) electrons. The van der Waals surface area contributed by atoms with Gasteiger partial charge in [0.15, 0.2) is 0 Å². The highest BCUT2D eigenvalue weighted by atomic mass is 15.1. The molecule has 2 nitrogen and oxygen atoms in total. The monoisotopic (exact) mass is 950 g/mol. The summed E-state index contributed by atoms with van der Waals surface area (Å²) in [7, 11) is 0. The summed E-state index contributed by atoms with van der Waals surface area (Å²) in [6.07, 6.45) is 0. The van der Waals surface area contributed by atoms with Crippen molar-refractivity contribution in [3.63, 3.8) is 0 Å². The summed E-state index contributed by atoms with van der Waals surface area (Å²) in [5.41, 5.74) is 19.2. The number of hydrogen-bond donors (Lipinski definition) is 0. The van der Waals surface area contributed by atoms with Crippen LogP contribution in [0.15, 0.2) is 243 Å². The van der Waals surface area contributed by atoms with Crippen LogP contribution in [0.2, 0.25) is 0 Å². The quantitative estimate of drug-likeness (QED) is 0.138. The van der Waals surface area contributed by atoms with Crippen LogP contribution in [0.25, 0.3) is 104 Å². The van der Waals surface area contributed by atoms with Gasteiger partial charge in [-0.2, -0.15) is 0 Å². The lowest BCUT2D eigenvalue weighted by Crippen LogP contribution is -2.12. The molecule has 0 N–H and O–H groups in total. The molecule has 1 heterocycles. The molecule has 12 aromatic carbocycles. The van der Waals surface area contributed by atoms with Crippen molar-refractivity contribution in [2.24, 2.45) is 0 Å². The van der Waals surface area contributed by atoms with Crippen LogP contribution in [-0.4, -0.2) is 4.57 Å². The topological polar surface area (TPSA) is 8.17 Å². The maximum absolute atomic E-state index is 2.53. The Bertz CT molecular complexity index is 4150. The van der Waals surface area contributed by atoms with E-state index in [9.17, 15) is 0 Å². The van der Waals surface area contributed by atoms with Crippen LogP contribution in [0.3, 0.4) is 0 Å². The van der Waals surface area contributed by atoms with E-state index in [-0.39, 0.29) is 10.8 Å². The van der Waals surface area contributed by atoms with Gasteiger partial charge in [0.25, 0.3) is 0 Å². The molecule has 2 heteroatoms. The van der Waals surface area contributed by atoms with Crippen LogP contribution in [0, 0.1) is 0 Å². The summed E-state index contributed by atoms with van der Waals surface area (Å²) >= 11 is 0. The van der Waals surface area contributed by atoms with Gasteiger partial charge in [-0.3, -0.25) is 0 Å². The lowest BCUT2D eigenvalue weighted by atomic mass is 9.85. The molecule has 0 amide bonds. The molecule has 13 rings (SSSR count). The van der Waals surface area contributed by atoms with Crippen molar-refractivity contribution >= 4 is 71.2 Å². The lowest BCUT2D eigenvalue weighted by Gasteiger charge is -2.30. The molecular weight excluding hydrogens is 893 g/mol. The third kappa shape index (κ3) is 7.72. The van der Waals surface area contributed by atoms with Gasteiger partial charge in [0.05, 0.1) is 28.1 Å². The number of fused-ring (bicyclic) bond motifs is 3. The molecule has 356 valence electrons. The van der Waals surface area contributed by atoms with Gasteiger partial charge < -0.3 is 9.47 Å². The van der Waals surface area contributed by atoms with Gasteiger partial charge in [-0.15, -0.1) is 0 Å². The first-order valence-electron chi connectivity index (χ1n) is 26.1. The Labute approximate surface area is 434 Å². The minimum absolute atomic E-state index is 0.0196. The second-order valence-electron chi connectivity index (χ2n) is 22.2. The second-order valence-corrected chi connectivity index (χ2v) is 22.2. The Morgan fingerprint density at radius 1 is 0.311 bits per heavy atom. The molecule has 0 atom stereocenters. The zero-order valence-corrected chi connectivity index (χ0v) is 43.0. The van der Waals surface area contributed by atoms with Crippen molar-refractivity contribution in [3.8, 4) is 50.2 Å². The Hall–Kier alpha value is -8.72. The van der Waals surface area contributed by atoms with Crippen LogP contribution in [-0.2, 0) is 10.8 Å². The van der Waals surface area contributed by atoms with E-state index in [1.165, 1.54) is 98.8 Å². The highest BCUT2D eigenvalue weighted by Crippen LogP contribution is 2.49. The molecular formula is C72H58N2. The van der Waals surface area contributed by atoms with Crippen molar-refractivity contribution in [1.82, 2.24) is 4.57 Å². The van der Waals surface area contributed by atoms with Crippen molar-refractivity contribution in [2.45, 2.75) is 52.4 Å². The van der Waals surface area contributed by atoms with E-state index in [1.807, 2.05) is 0 Å². The van der Waals surface area contributed by atoms with E-state index in [2.05, 4.69) is 294 Å². The van der Waals surface area contributed by atoms with Gasteiger partial charge in [-0.1, -0.05) is 230 Å². The SMILES string of the molecule is CC(C)(C)c1ccc2c(c1)c1cc(C(C)(C)C)ccc1n2-c1ccc2ccc3c(N(c4cccc(-c5ccc(-c6ccccc6)cc5)c4)c4ccccc4-c4ccc(-c5ccccc5)cc4)ccc4ccc1c2c43. The van der Waals surface area contributed by atoms with Gasteiger partial charge in [0.1, 0.15) is 0 Å². The summed E-state index contributed by atoms with van der Waals surface area (Å²) in [5.74, 6) is 0. The summed E-state index contributed by atoms with van der Waals surface area (Å²) < 4.78 is 2.53. The van der Waals surface area contributed by atoms with Gasteiger partial charge in [0.2, 0.25) is 0 Å². The van der Waals surface area contributed by atoms with E-state index < -0.39 is 0 Å². The Morgan fingerprint density at radius 3 is 1.35 bits per heavy atom. The third-order valence-corrected chi connectivity index (χ3v) is 15.5. The number of para-hydroxylation sites is 1. The molecule has 13 aromatic rings. The van der Waals surface area contributed by atoms with Crippen molar-refractivity contribution in [3.05, 3.63) is 254 Å². The summed E-state index contributed by atoms with van der Waals surface area (Å²) in [6, 6.07) is 90.4. The highest BCUT2D eigenvalue weighted by Gasteiger charge is 2.25. The van der Waals surface area contributed by atoms with E-state index in [0.717, 1.165) is 33.8 Å². The Balaban J connectivity index is 1.02. The molecule has 0 saturated carbocycles. The normalized spacial score (nSPS) is 12.2. The van der Waals surface area contributed by atoms with Gasteiger partial charge in [-0.05, 0) is 137 Å². The Kier molecular flexibility index (Phi) is 10.7. The minimum Gasteiger partial charge on any atom is -0.309 e. The van der Waals surface area contributed by atoms with Crippen LogP contribution in [0.4, 0.5) is 17.1 Å². The molecule has 0 aliphatic rings. The van der Waals surface area contributed by atoms with E-state index in [1.54, 1.807) is 0 Å². The van der Waals surface area contributed by atoms with E-state index >= 15 is 0 Å². The lowest BCUT2D eigenvalue weighted by molar-refractivity contribution is 0.590. The van der Waals surface area contributed by atoms with Crippen LogP contribution in [0.5, 0.6) is 0 Å². The summed E-state index contributed by atoms with van der Waals surface area (Å²) in [6.45, 7) is 13.9. The van der Waals surface area contributed by atoms with Crippen molar-refractivity contribution in [1.29, 1.82) is 0 Å². The zero-order chi connectivity index (χ0) is 50.3. The first-order valence-corrected chi connectivity index (χ1v) is 26.1. The maximum atomic E-state index is 2.53. The van der Waals surface area contributed by atoms with Crippen LogP contribution >= 0.6 is 0 Å². The van der Waals surface area contributed by atoms with E-state index in [0.29, 0.717) is 0 Å². The van der Waals surface area contributed by atoms with Crippen molar-refractivity contribution in [2.75, 3.05) is 4.90 Å². The number of aromatic nitrogens is 1. The standard InChI is InChI=1S/C72H58N2/c1-71(2,3)56-36-42-67-62(45-56)63-46-57(72(4,5)6)37-43-68(63)74(67)66-41-35-54-32-38-60-65(40-34-53-33-39-61(66)70(54)69(53)60)73(58-21-15-20-55(44-58)51-26-24-49(25-27-51)47-16-9-7-10-17-47)64-23-14-13-22-59(64)52-30-28-50(29-31-52)48-18-11-8-12-19-48/h7-46H,1-6H3. The van der Waals surface area contributed by atoms with Gasteiger partial charge >= 0.3 is 0 Å². The predicted molar refractivity (Wildman–Crippen MR) is 318 cm³/mol. The minimum atomic E-state index is 0.0196. The zero-order valence-electron chi connectivity index (χ0n) is 43.0. The molecule has 0 aliphatic carbocycles. The maximum Gasteiger partial charge on any atom is 0.0541 e. The first kappa shape index (κ1) is 45.2. The average Bonchev–Trinajstić information content (AvgIpc) is 3.80.